The van der Waals surface area contributed by atoms with Crippen molar-refractivity contribution in [1.29, 1.82) is 0 Å². The fourth-order valence-corrected chi connectivity index (χ4v) is 3.15. The largest absolute Gasteiger partial charge is 0.311 e. The van der Waals surface area contributed by atoms with Crippen molar-refractivity contribution in [2.24, 2.45) is 5.92 Å². The Hall–Kier alpha value is -0.520. The lowest BCUT2D eigenvalue weighted by Gasteiger charge is -2.27. The normalized spacial score (nSPS) is 33.5. The van der Waals surface area contributed by atoms with Gasteiger partial charge in [0.05, 0.1) is 6.54 Å². The van der Waals surface area contributed by atoms with E-state index < -0.39 is 0 Å². The summed E-state index contributed by atoms with van der Waals surface area (Å²) in [7, 11) is 0. The summed E-state index contributed by atoms with van der Waals surface area (Å²) in [5.41, 5.74) is 0. The van der Waals surface area contributed by atoms with Gasteiger partial charge in [0, 0.05) is 18.6 Å². The fraction of sp³-hybridized carbons (Fsp3) is 0.846. The second-order valence-electron chi connectivity index (χ2n) is 4.98. The predicted octanol–water partition coefficient (Wildman–Crippen LogP) is 1.47. The highest BCUT2D eigenvalue weighted by molar-refractivity contribution is 4.99. The van der Waals surface area contributed by atoms with E-state index in [9.17, 15) is 0 Å². The van der Waals surface area contributed by atoms with E-state index in [0.29, 0.717) is 0 Å². The monoisotopic (exact) mass is 206 g/mol. The van der Waals surface area contributed by atoms with Crippen molar-refractivity contribution in [3.8, 4) is 12.3 Å². The highest BCUT2D eigenvalue weighted by atomic mass is 15.1. The van der Waals surface area contributed by atoms with Crippen LogP contribution in [0.25, 0.3) is 0 Å². The van der Waals surface area contributed by atoms with E-state index in [1.807, 2.05) is 0 Å². The molecule has 15 heavy (non-hydrogen) atoms. The molecule has 1 N–H and O–H groups in total. The van der Waals surface area contributed by atoms with Gasteiger partial charge >= 0.3 is 0 Å². The molecule has 2 rings (SSSR count). The quantitative estimate of drug-likeness (QED) is 0.685. The number of hydrogen-bond acceptors (Lipinski definition) is 2. The Kier molecular flexibility index (Phi) is 3.66. The Labute approximate surface area is 93.4 Å². The average molecular weight is 206 g/mol. The van der Waals surface area contributed by atoms with Gasteiger partial charge in [-0.3, -0.25) is 4.90 Å². The van der Waals surface area contributed by atoms with Crippen molar-refractivity contribution in [1.82, 2.24) is 10.2 Å². The van der Waals surface area contributed by atoms with Gasteiger partial charge in [-0.15, -0.1) is 6.42 Å². The van der Waals surface area contributed by atoms with Crippen molar-refractivity contribution in [3.63, 3.8) is 0 Å². The maximum atomic E-state index is 5.40. The van der Waals surface area contributed by atoms with E-state index in [0.717, 1.165) is 31.1 Å². The number of nitrogens with zero attached hydrogens (tertiary/aromatic N) is 1. The number of fused-ring (bicyclic) bond motifs is 2. The summed E-state index contributed by atoms with van der Waals surface area (Å²) < 4.78 is 0. The van der Waals surface area contributed by atoms with Gasteiger partial charge in [-0.2, -0.15) is 0 Å². The minimum Gasteiger partial charge on any atom is -0.311 e. The molecule has 0 aromatic rings. The fourth-order valence-electron chi connectivity index (χ4n) is 3.15. The second kappa shape index (κ2) is 5.01. The van der Waals surface area contributed by atoms with Gasteiger partial charge in [0.1, 0.15) is 0 Å². The zero-order valence-electron chi connectivity index (χ0n) is 9.71. The molecule has 0 amide bonds. The molecule has 0 saturated carbocycles. The number of rotatable bonds is 5. The first-order valence-electron chi connectivity index (χ1n) is 6.25. The third-order valence-corrected chi connectivity index (χ3v) is 3.78. The van der Waals surface area contributed by atoms with Crippen LogP contribution in [-0.2, 0) is 0 Å². The van der Waals surface area contributed by atoms with E-state index in [1.54, 1.807) is 0 Å². The Morgan fingerprint density at radius 1 is 1.47 bits per heavy atom. The number of hydrogen-bond donors (Lipinski definition) is 1. The summed E-state index contributed by atoms with van der Waals surface area (Å²) in [4.78, 5) is 2.44. The summed E-state index contributed by atoms with van der Waals surface area (Å²) >= 11 is 0. The summed E-state index contributed by atoms with van der Waals surface area (Å²) in [6.45, 7) is 5.40. The highest BCUT2D eigenvalue weighted by Gasteiger charge is 2.39. The van der Waals surface area contributed by atoms with Crippen molar-refractivity contribution in [2.45, 2.75) is 44.7 Å². The molecule has 0 spiro atoms. The third-order valence-electron chi connectivity index (χ3n) is 3.78. The molecule has 2 fully saturated rings. The third kappa shape index (κ3) is 2.53. The molecule has 2 heterocycles. The lowest BCUT2D eigenvalue weighted by Crippen LogP contribution is -2.36. The molecule has 84 valence electrons. The predicted molar refractivity (Wildman–Crippen MR) is 63.6 cm³/mol. The van der Waals surface area contributed by atoms with Crippen LogP contribution in [0.15, 0.2) is 0 Å². The standard InChI is InChI=1S/C13H22N2/c1-3-7-15(8-4-2)10-11-9-12-5-6-13(11)14-12/h1,11-14H,4-10H2,2H3. The first-order valence-corrected chi connectivity index (χ1v) is 6.25. The maximum absolute atomic E-state index is 5.40. The van der Waals surface area contributed by atoms with Crippen molar-refractivity contribution >= 4 is 0 Å². The Balaban J connectivity index is 1.81. The second-order valence-corrected chi connectivity index (χ2v) is 4.98. The van der Waals surface area contributed by atoms with Gasteiger partial charge in [0.2, 0.25) is 0 Å². The molecule has 2 aliphatic heterocycles. The molecule has 0 aromatic carbocycles. The molecule has 2 heteroatoms. The molecule has 0 aromatic heterocycles. The topological polar surface area (TPSA) is 15.3 Å². The molecule has 2 saturated heterocycles. The molecule has 2 nitrogen and oxygen atoms in total. The van der Waals surface area contributed by atoms with Gasteiger partial charge in [0.15, 0.2) is 0 Å². The van der Waals surface area contributed by atoms with Gasteiger partial charge < -0.3 is 5.32 Å². The summed E-state index contributed by atoms with van der Waals surface area (Å²) in [5.74, 6) is 3.63. The average Bonchev–Trinajstić information content (AvgIpc) is 2.80. The molecule has 0 aliphatic carbocycles. The Bertz CT molecular complexity index is 243. The van der Waals surface area contributed by atoms with Crippen LogP contribution in [-0.4, -0.2) is 36.6 Å². The summed E-state index contributed by atoms with van der Waals surface area (Å²) in [6.07, 6.45) is 10.8. The van der Waals surface area contributed by atoms with Gasteiger partial charge in [-0.05, 0) is 38.1 Å². The van der Waals surface area contributed by atoms with Crippen LogP contribution in [0.1, 0.15) is 32.6 Å². The summed E-state index contributed by atoms with van der Waals surface area (Å²) in [5, 5.41) is 3.69. The van der Waals surface area contributed by atoms with Crippen LogP contribution in [0.4, 0.5) is 0 Å². The zero-order valence-corrected chi connectivity index (χ0v) is 9.71. The molecule has 2 aliphatic rings. The van der Waals surface area contributed by atoms with Gasteiger partial charge in [-0.25, -0.2) is 0 Å². The van der Waals surface area contributed by atoms with E-state index >= 15 is 0 Å². The van der Waals surface area contributed by atoms with E-state index in [2.05, 4.69) is 23.1 Å². The van der Waals surface area contributed by atoms with Gasteiger partial charge in [0.25, 0.3) is 0 Å². The van der Waals surface area contributed by atoms with Crippen molar-refractivity contribution in [2.75, 3.05) is 19.6 Å². The first-order chi connectivity index (χ1) is 7.33. The highest BCUT2D eigenvalue weighted by Crippen LogP contribution is 2.33. The Morgan fingerprint density at radius 3 is 2.87 bits per heavy atom. The lowest BCUT2D eigenvalue weighted by atomic mass is 9.89. The SMILES string of the molecule is C#CCN(CCC)CC1CC2CCC1N2. The molecule has 0 radical (unpaired) electrons. The van der Waals surface area contributed by atoms with Crippen molar-refractivity contribution in [3.05, 3.63) is 0 Å². The maximum Gasteiger partial charge on any atom is 0.0599 e. The minimum atomic E-state index is 0.784. The van der Waals surface area contributed by atoms with Crippen LogP contribution < -0.4 is 5.32 Å². The molecule has 3 unspecified atom stereocenters. The molecule has 3 atom stereocenters. The first kappa shape index (κ1) is 11.0. The molecular weight excluding hydrogens is 184 g/mol. The van der Waals surface area contributed by atoms with Crippen LogP contribution >= 0.6 is 0 Å². The van der Waals surface area contributed by atoms with Crippen LogP contribution in [0.2, 0.25) is 0 Å². The summed E-state index contributed by atoms with van der Waals surface area (Å²) in [6, 6.07) is 1.60. The van der Waals surface area contributed by atoms with Crippen molar-refractivity contribution < 1.29 is 0 Å². The van der Waals surface area contributed by atoms with E-state index in [4.69, 9.17) is 6.42 Å². The van der Waals surface area contributed by atoms with Crippen LogP contribution in [0.5, 0.6) is 0 Å². The number of nitrogens with one attached hydrogen (secondary N) is 1. The van der Waals surface area contributed by atoms with Crippen LogP contribution in [0, 0.1) is 18.3 Å². The van der Waals surface area contributed by atoms with E-state index in [1.165, 1.54) is 32.2 Å². The molecular formula is C13H22N2. The Morgan fingerprint density at radius 2 is 2.33 bits per heavy atom. The smallest absolute Gasteiger partial charge is 0.0599 e. The van der Waals surface area contributed by atoms with Crippen LogP contribution in [0.3, 0.4) is 0 Å². The molecule has 2 bridgehead atoms. The number of terminal acetylenes is 1. The van der Waals surface area contributed by atoms with E-state index in [-0.39, 0.29) is 0 Å². The minimum absolute atomic E-state index is 0.784. The lowest BCUT2D eigenvalue weighted by molar-refractivity contribution is 0.232. The zero-order chi connectivity index (χ0) is 10.7. The van der Waals surface area contributed by atoms with Gasteiger partial charge in [-0.1, -0.05) is 12.8 Å².